The second kappa shape index (κ2) is 6.05. The number of amides is 1. The number of β-lactam (4-membered cyclic amide) rings is 1. The van der Waals surface area contributed by atoms with E-state index in [4.69, 9.17) is 4.74 Å². The molecule has 24 heavy (non-hydrogen) atoms. The zero-order chi connectivity index (χ0) is 17.5. The van der Waals surface area contributed by atoms with Crippen LogP contribution >= 0.6 is 11.8 Å². The van der Waals surface area contributed by atoms with Crippen molar-refractivity contribution in [2.24, 2.45) is 5.92 Å². The number of thioether (sulfide) groups is 1. The molecule has 0 saturated carbocycles. The molecule has 1 saturated heterocycles. The number of carboxylic acid groups (broad SMARTS) is 1. The Morgan fingerprint density at radius 2 is 1.96 bits per heavy atom. The van der Waals surface area contributed by atoms with Gasteiger partial charge in [0.1, 0.15) is 17.1 Å². The maximum atomic E-state index is 12.3. The topological polar surface area (TPSA) is 83.7 Å². The zero-order valence-corrected chi connectivity index (χ0v) is 14.2. The number of carbonyl (C=O) groups is 3. The first-order valence-corrected chi connectivity index (χ1v) is 8.50. The number of Topliss-reactive ketones (excluding diaryl/α,β-unsaturated/α-hetero) is 1. The lowest BCUT2D eigenvalue weighted by Crippen LogP contribution is -2.54. The number of ketones is 1. The van der Waals surface area contributed by atoms with E-state index in [0.29, 0.717) is 5.75 Å². The Kier molecular flexibility index (Phi) is 4.21. The first-order chi connectivity index (χ1) is 11.3. The summed E-state index contributed by atoms with van der Waals surface area (Å²) in [6, 6.07) is 8.99. The van der Waals surface area contributed by atoms with Crippen LogP contribution in [0.5, 0.6) is 5.75 Å². The summed E-state index contributed by atoms with van der Waals surface area (Å²) in [5.41, 5.74) is 0.103. The van der Waals surface area contributed by atoms with Crippen molar-refractivity contribution in [2.75, 3.05) is 6.61 Å². The molecule has 0 spiro atoms. The van der Waals surface area contributed by atoms with E-state index in [0.717, 1.165) is 0 Å². The summed E-state index contributed by atoms with van der Waals surface area (Å²) in [6.45, 7) is 3.47. The van der Waals surface area contributed by atoms with Crippen LogP contribution in [0.25, 0.3) is 0 Å². The molecule has 6 nitrogen and oxygen atoms in total. The third-order valence-electron chi connectivity index (χ3n) is 4.17. The molecular formula is C17H18NO5S+. The summed E-state index contributed by atoms with van der Waals surface area (Å²) in [6.07, 6.45) is 0.0722. The maximum Gasteiger partial charge on any atom is 0.399 e. The maximum absolute atomic E-state index is 12.3. The Hall–Kier alpha value is -2.15. The number of para-hydroxylation sites is 1. The molecule has 2 aliphatic heterocycles. The highest BCUT2D eigenvalue weighted by molar-refractivity contribution is 8.02. The van der Waals surface area contributed by atoms with Gasteiger partial charge in [0, 0.05) is 6.42 Å². The molecule has 2 heterocycles. The summed E-state index contributed by atoms with van der Waals surface area (Å²) in [7, 11) is 0. The van der Waals surface area contributed by atoms with E-state index >= 15 is 0 Å². The monoisotopic (exact) mass is 348 g/mol. The molecule has 2 unspecified atom stereocenters. The molecule has 1 amide bonds. The van der Waals surface area contributed by atoms with Crippen LogP contribution in [-0.4, -0.2) is 49.8 Å². The van der Waals surface area contributed by atoms with Crippen LogP contribution in [-0.2, 0) is 14.4 Å². The average molecular weight is 348 g/mol. The largest absolute Gasteiger partial charge is 0.486 e. The number of rotatable bonds is 6. The molecular weight excluding hydrogens is 330 g/mol. The molecule has 0 aliphatic carbocycles. The lowest BCUT2D eigenvalue weighted by Gasteiger charge is -2.25. The first kappa shape index (κ1) is 16.7. The highest BCUT2D eigenvalue weighted by Gasteiger charge is 2.67. The van der Waals surface area contributed by atoms with Crippen molar-refractivity contribution in [3.8, 4) is 5.75 Å². The quantitative estimate of drug-likeness (QED) is 0.621. The molecule has 1 fully saturated rings. The van der Waals surface area contributed by atoms with Gasteiger partial charge >= 0.3 is 11.9 Å². The smallest absolute Gasteiger partial charge is 0.399 e. The van der Waals surface area contributed by atoms with Crippen molar-refractivity contribution in [3.63, 3.8) is 0 Å². The van der Waals surface area contributed by atoms with Gasteiger partial charge in [-0.2, -0.15) is 0 Å². The summed E-state index contributed by atoms with van der Waals surface area (Å²) in [5.74, 6) is -1.41. The normalized spacial score (nSPS) is 24.3. The number of benzene rings is 1. The summed E-state index contributed by atoms with van der Waals surface area (Å²) in [4.78, 5) is 35.8. The number of fused-ring (bicyclic) bond motifs is 1. The third-order valence-corrected chi connectivity index (χ3v) is 5.74. The fraction of sp³-hybridized carbons (Fsp3) is 0.412. The van der Waals surface area contributed by atoms with Gasteiger partial charge in [-0.3, -0.25) is 4.79 Å². The molecule has 0 aromatic heterocycles. The van der Waals surface area contributed by atoms with E-state index in [2.05, 4.69) is 0 Å². The molecule has 2 aliphatic rings. The predicted molar refractivity (Wildman–Crippen MR) is 88.4 cm³/mol. The van der Waals surface area contributed by atoms with Crippen LogP contribution in [0, 0.1) is 5.92 Å². The number of nitrogens with zero attached hydrogens (tertiary/aromatic N) is 1. The summed E-state index contributed by atoms with van der Waals surface area (Å²) in [5, 5.41) is 9.06. The van der Waals surface area contributed by atoms with Crippen molar-refractivity contribution in [1.29, 1.82) is 0 Å². The number of hydrogen-bond donors (Lipinski definition) is 1. The lowest BCUT2D eigenvalue weighted by molar-refractivity contribution is -0.518. The van der Waals surface area contributed by atoms with Gasteiger partial charge in [-0.05, 0) is 26.0 Å². The van der Waals surface area contributed by atoms with Crippen LogP contribution in [0.4, 0.5) is 0 Å². The van der Waals surface area contributed by atoms with E-state index in [1.807, 2.05) is 18.2 Å². The van der Waals surface area contributed by atoms with Crippen molar-refractivity contribution in [1.82, 2.24) is 0 Å². The van der Waals surface area contributed by atoms with E-state index < -0.39 is 16.6 Å². The van der Waals surface area contributed by atoms with Gasteiger partial charge in [-0.1, -0.05) is 30.0 Å². The molecule has 1 aromatic carbocycles. The second-order valence-corrected chi connectivity index (χ2v) is 8.07. The van der Waals surface area contributed by atoms with Crippen molar-refractivity contribution in [2.45, 2.75) is 30.4 Å². The number of carboxylic acids is 1. The molecule has 2 atom stereocenters. The minimum absolute atomic E-state index is 0.0722. The zero-order valence-electron chi connectivity index (χ0n) is 13.4. The average Bonchev–Trinajstić information content (AvgIpc) is 2.80. The standard InChI is InChI=1S/C17H17NO5S/c1-17(2)13(16(21)22)18-14(20)12(15(18)24-17)8-10(19)9-23-11-6-4-3-5-7-11/h3-7,12,15H,8-9H2,1-2H3/p+1. The molecule has 1 N–H and O–H groups in total. The van der Waals surface area contributed by atoms with Gasteiger partial charge in [-0.25, -0.2) is 9.59 Å². The Bertz CT molecular complexity index is 741. The number of hydrogen-bond acceptors (Lipinski definition) is 5. The van der Waals surface area contributed by atoms with Gasteiger partial charge in [0.2, 0.25) is 5.37 Å². The minimum Gasteiger partial charge on any atom is -0.486 e. The lowest BCUT2D eigenvalue weighted by atomic mass is 9.92. The van der Waals surface area contributed by atoms with Gasteiger partial charge in [0.15, 0.2) is 11.7 Å². The fourth-order valence-corrected chi connectivity index (χ4v) is 4.67. The van der Waals surface area contributed by atoms with Crippen LogP contribution in [0.15, 0.2) is 30.3 Å². The van der Waals surface area contributed by atoms with E-state index in [1.165, 1.54) is 16.3 Å². The number of aliphatic carboxylic acids is 1. The molecule has 7 heteroatoms. The van der Waals surface area contributed by atoms with E-state index in [9.17, 15) is 19.5 Å². The molecule has 1 aromatic rings. The van der Waals surface area contributed by atoms with Crippen LogP contribution in [0.3, 0.4) is 0 Å². The van der Waals surface area contributed by atoms with E-state index in [1.54, 1.807) is 26.0 Å². The molecule has 126 valence electrons. The second-order valence-electron chi connectivity index (χ2n) is 6.33. The Labute approximate surface area is 143 Å². The SMILES string of the molecule is CC1(C)SC2C(CC(=O)COc3ccccc3)C(=O)[N+]2=C1C(=O)O. The molecule has 0 bridgehead atoms. The highest BCUT2D eigenvalue weighted by Crippen LogP contribution is 2.47. The fourth-order valence-electron chi connectivity index (χ4n) is 3.08. The Morgan fingerprint density at radius 3 is 2.58 bits per heavy atom. The highest BCUT2D eigenvalue weighted by atomic mass is 32.2. The van der Waals surface area contributed by atoms with Gasteiger partial charge < -0.3 is 9.84 Å². The summed E-state index contributed by atoms with van der Waals surface area (Å²) >= 11 is 1.42. The Morgan fingerprint density at radius 1 is 1.29 bits per heavy atom. The van der Waals surface area contributed by atoms with Crippen molar-refractivity contribution >= 4 is 35.1 Å². The Balaban J connectivity index is 1.63. The third kappa shape index (κ3) is 2.84. The van der Waals surface area contributed by atoms with Gasteiger partial charge in [0.25, 0.3) is 5.71 Å². The van der Waals surface area contributed by atoms with Gasteiger partial charge in [-0.15, -0.1) is 4.58 Å². The summed E-state index contributed by atoms with van der Waals surface area (Å²) < 4.78 is 6.08. The minimum atomic E-state index is -1.08. The predicted octanol–water partition coefficient (Wildman–Crippen LogP) is 1.57. The molecule has 3 rings (SSSR count). The first-order valence-electron chi connectivity index (χ1n) is 7.62. The molecule has 0 radical (unpaired) electrons. The van der Waals surface area contributed by atoms with Gasteiger partial charge in [0.05, 0.1) is 0 Å². The van der Waals surface area contributed by atoms with Crippen LogP contribution < -0.4 is 4.74 Å². The van der Waals surface area contributed by atoms with Crippen molar-refractivity contribution in [3.05, 3.63) is 30.3 Å². The van der Waals surface area contributed by atoms with E-state index in [-0.39, 0.29) is 35.8 Å². The number of ether oxygens (including phenoxy) is 1. The van der Waals surface area contributed by atoms with Crippen LogP contribution in [0.2, 0.25) is 0 Å². The van der Waals surface area contributed by atoms with Crippen molar-refractivity contribution < 1.29 is 28.8 Å². The number of carbonyl (C=O) groups excluding carboxylic acids is 2. The van der Waals surface area contributed by atoms with Crippen LogP contribution in [0.1, 0.15) is 20.3 Å².